The van der Waals surface area contributed by atoms with Crippen LogP contribution in [0.3, 0.4) is 0 Å². The van der Waals surface area contributed by atoms with Gasteiger partial charge in [-0.15, -0.1) is 0 Å². The van der Waals surface area contributed by atoms with Gasteiger partial charge in [-0.25, -0.2) is 4.98 Å². The number of nitrogens with one attached hydrogen (secondary N) is 2. The van der Waals surface area contributed by atoms with Crippen LogP contribution >= 0.6 is 11.3 Å². The number of carbonyl (C=O) groups excluding carboxylic acids is 2. The highest BCUT2D eigenvalue weighted by Gasteiger charge is 2.17. The smallest absolute Gasteiger partial charge is 0.258 e. The van der Waals surface area contributed by atoms with E-state index in [4.69, 9.17) is 4.74 Å². The van der Waals surface area contributed by atoms with E-state index in [1.165, 1.54) is 11.3 Å². The fraction of sp³-hybridized carbons (Fsp3) is 0.167. The number of anilines is 1. The van der Waals surface area contributed by atoms with Crippen LogP contribution in [-0.4, -0.2) is 29.4 Å². The van der Waals surface area contributed by atoms with Crippen molar-refractivity contribution in [3.8, 4) is 5.75 Å². The molecule has 3 aromatic rings. The molecule has 0 aliphatic rings. The maximum Gasteiger partial charge on any atom is 0.258 e. The zero-order chi connectivity index (χ0) is 17.6. The summed E-state index contributed by atoms with van der Waals surface area (Å²) >= 11 is 1.39. The Hall–Kier alpha value is -2.93. The van der Waals surface area contributed by atoms with Gasteiger partial charge in [0.25, 0.3) is 5.91 Å². The van der Waals surface area contributed by atoms with Gasteiger partial charge in [0, 0.05) is 0 Å². The minimum atomic E-state index is -0.695. The van der Waals surface area contributed by atoms with E-state index in [2.05, 4.69) is 15.6 Å². The second-order valence-electron chi connectivity index (χ2n) is 5.37. The topological polar surface area (TPSA) is 80.3 Å². The number of carbonyl (C=O) groups is 2. The van der Waals surface area contributed by atoms with Crippen molar-refractivity contribution in [3.63, 3.8) is 0 Å². The first kappa shape index (κ1) is 16.9. The Labute approximate surface area is 148 Å². The zero-order valence-corrected chi connectivity index (χ0v) is 14.4. The Bertz CT molecular complexity index is 846. The van der Waals surface area contributed by atoms with E-state index < -0.39 is 6.04 Å². The van der Waals surface area contributed by atoms with Crippen molar-refractivity contribution in [2.75, 3.05) is 11.9 Å². The highest BCUT2D eigenvalue weighted by Crippen LogP contribution is 2.25. The van der Waals surface area contributed by atoms with E-state index in [9.17, 15) is 9.59 Å². The third kappa shape index (κ3) is 4.54. The van der Waals surface area contributed by atoms with Crippen LogP contribution in [0.2, 0.25) is 0 Å². The maximum atomic E-state index is 12.2. The van der Waals surface area contributed by atoms with Crippen LogP contribution in [0, 0.1) is 0 Å². The number of hydrogen-bond donors (Lipinski definition) is 2. The van der Waals surface area contributed by atoms with Crippen LogP contribution in [0.4, 0.5) is 5.13 Å². The molecule has 3 rings (SSSR count). The molecule has 1 atom stereocenters. The number of hydrogen-bond acceptors (Lipinski definition) is 5. The van der Waals surface area contributed by atoms with Crippen molar-refractivity contribution < 1.29 is 14.3 Å². The van der Waals surface area contributed by atoms with E-state index in [1.54, 1.807) is 19.1 Å². The Balaban J connectivity index is 1.50. The molecule has 0 aliphatic heterocycles. The summed E-state index contributed by atoms with van der Waals surface area (Å²) < 4.78 is 6.34. The fourth-order valence-electron chi connectivity index (χ4n) is 2.15. The van der Waals surface area contributed by atoms with Gasteiger partial charge in [-0.1, -0.05) is 41.7 Å². The third-order valence-electron chi connectivity index (χ3n) is 3.41. The summed E-state index contributed by atoms with van der Waals surface area (Å²) in [7, 11) is 0. The number of thiazole rings is 1. The minimum Gasteiger partial charge on any atom is -0.484 e. The lowest BCUT2D eigenvalue weighted by Crippen LogP contribution is -2.43. The van der Waals surface area contributed by atoms with Crippen LogP contribution in [0.5, 0.6) is 5.75 Å². The second kappa shape index (κ2) is 7.76. The first-order chi connectivity index (χ1) is 12.1. The van der Waals surface area contributed by atoms with Crippen molar-refractivity contribution in [2.24, 2.45) is 0 Å². The molecule has 2 N–H and O–H groups in total. The van der Waals surface area contributed by atoms with Gasteiger partial charge in [-0.2, -0.15) is 0 Å². The molecule has 0 spiro atoms. The highest BCUT2D eigenvalue weighted by atomic mass is 32.1. The molecule has 0 radical (unpaired) electrons. The van der Waals surface area contributed by atoms with E-state index >= 15 is 0 Å². The SMILES string of the molecule is C[C@@H](NC(=O)COc1ccccc1)C(=O)Nc1nc2ccccc2s1. The molecule has 2 aromatic carbocycles. The number of nitrogens with zero attached hydrogens (tertiary/aromatic N) is 1. The van der Waals surface area contributed by atoms with Gasteiger partial charge in [-0.05, 0) is 31.2 Å². The standard InChI is InChI=1S/C18H17N3O3S/c1-12(19-16(22)11-24-13-7-3-2-4-8-13)17(23)21-18-20-14-9-5-6-10-15(14)25-18/h2-10,12H,11H2,1H3,(H,19,22)(H,20,21,23)/t12-/m1/s1. The lowest BCUT2D eigenvalue weighted by Gasteiger charge is -2.13. The van der Waals surface area contributed by atoms with Gasteiger partial charge in [0.1, 0.15) is 11.8 Å². The molecule has 6 nitrogen and oxygen atoms in total. The summed E-state index contributed by atoms with van der Waals surface area (Å²) in [5.74, 6) is -0.0906. The zero-order valence-electron chi connectivity index (χ0n) is 13.6. The van der Waals surface area contributed by atoms with Crippen molar-refractivity contribution >= 4 is 38.5 Å². The van der Waals surface area contributed by atoms with Gasteiger partial charge < -0.3 is 15.4 Å². The van der Waals surface area contributed by atoms with Gasteiger partial charge >= 0.3 is 0 Å². The van der Waals surface area contributed by atoms with E-state index in [0.717, 1.165) is 10.2 Å². The molecule has 1 heterocycles. The van der Waals surface area contributed by atoms with Crippen molar-refractivity contribution in [1.29, 1.82) is 0 Å². The third-order valence-corrected chi connectivity index (χ3v) is 4.36. The van der Waals surface area contributed by atoms with Crippen molar-refractivity contribution in [3.05, 3.63) is 54.6 Å². The molecule has 7 heteroatoms. The summed E-state index contributed by atoms with van der Waals surface area (Å²) in [6, 6.07) is 16.0. The number of benzene rings is 2. The molecule has 25 heavy (non-hydrogen) atoms. The summed E-state index contributed by atoms with van der Waals surface area (Å²) in [4.78, 5) is 28.4. The number of aromatic nitrogens is 1. The molecule has 0 saturated heterocycles. The lowest BCUT2D eigenvalue weighted by molar-refractivity contribution is -0.127. The Kier molecular flexibility index (Phi) is 5.25. The molecule has 0 unspecified atom stereocenters. The average molecular weight is 355 g/mol. The van der Waals surface area contributed by atoms with E-state index in [0.29, 0.717) is 10.9 Å². The summed E-state index contributed by atoms with van der Waals surface area (Å²) in [5.41, 5.74) is 0.829. The normalized spacial score (nSPS) is 11.7. The highest BCUT2D eigenvalue weighted by molar-refractivity contribution is 7.22. The number of amides is 2. The van der Waals surface area contributed by atoms with Crippen LogP contribution in [-0.2, 0) is 9.59 Å². The maximum absolute atomic E-state index is 12.2. The van der Waals surface area contributed by atoms with Crippen LogP contribution in [0.1, 0.15) is 6.92 Å². The summed E-state index contributed by atoms with van der Waals surface area (Å²) in [5, 5.41) is 5.84. The van der Waals surface area contributed by atoms with Crippen molar-refractivity contribution in [2.45, 2.75) is 13.0 Å². The average Bonchev–Trinajstić information content (AvgIpc) is 3.03. The molecule has 0 saturated carbocycles. The summed E-state index contributed by atoms with van der Waals surface area (Å²) in [6.45, 7) is 1.46. The van der Waals surface area contributed by atoms with E-state index in [1.807, 2.05) is 42.5 Å². The Morgan fingerprint density at radius 3 is 2.60 bits per heavy atom. The minimum absolute atomic E-state index is 0.150. The van der Waals surface area contributed by atoms with Crippen LogP contribution in [0.25, 0.3) is 10.2 Å². The Morgan fingerprint density at radius 1 is 1.12 bits per heavy atom. The predicted molar refractivity (Wildman–Crippen MR) is 97.8 cm³/mol. The quantitative estimate of drug-likeness (QED) is 0.712. The van der Waals surface area contributed by atoms with Gasteiger partial charge in [-0.3, -0.25) is 9.59 Å². The molecule has 0 bridgehead atoms. The molecule has 0 aliphatic carbocycles. The largest absolute Gasteiger partial charge is 0.484 e. The summed E-state index contributed by atoms with van der Waals surface area (Å²) in [6.07, 6.45) is 0. The molecule has 2 amide bonds. The number of fused-ring (bicyclic) bond motifs is 1. The number of rotatable bonds is 6. The van der Waals surface area contributed by atoms with E-state index in [-0.39, 0.29) is 18.4 Å². The van der Waals surface area contributed by atoms with Crippen molar-refractivity contribution in [1.82, 2.24) is 10.3 Å². The Morgan fingerprint density at radius 2 is 1.84 bits per heavy atom. The monoisotopic (exact) mass is 355 g/mol. The van der Waals surface area contributed by atoms with Gasteiger partial charge in [0.2, 0.25) is 5.91 Å². The lowest BCUT2D eigenvalue weighted by atomic mass is 10.3. The first-order valence-corrected chi connectivity index (χ1v) is 8.57. The van der Waals surface area contributed by atoms with Crippen LogP contribution < -0.4 is 15.4 Å². The molecular formula is C18H17N3O3S. The molecule has 128 valence electrons. The molecule has 0 fully saturated rings. The van der Waals surface area contributed by atoms with Crippen LogP contribution in [0.15, 0.2) is 54.6 Å². The molecular weight excluding hydrogens is 338 g/mol. The second-order valence-corrected chi connectivity index (χ2v) is 6.40. The molecule has 1 aromatic heterocycles. The van der Waals surface area contributed by atoms with Gasteiger partial charge in [0.15, 0.2) is 11.7 Å². The fourth-order valence-corrected chi connectivity index (χ4v) is 3.02. The first-order valence-electron chi connectivity index (χ1n) is 7.75. The predicted octanol–water partition coefficient (Wildman–Crippen LogP) is 2.82. The number of ether oxygens (including phenoxy) is 1. The van der Waals surface area contributed by atoms with Gasteiger partial charge in [0.05, 0.1) is 10.2 Å². The number of para-hydroxylation sites is 2.